The summed E-state index contributed by atoms with van der Waals surface area (Å²) in [7, 11) is 0. The molecule has 3 aromatic carbocycles. The fourth-order valence-corrected chi connectivity index (χ4v) is 4.11. The minimum absolute atomic E-state index is 0.00720. The Morgan fingerprint density at radius 3 is 2.60 bits per heavy atom. The number of rotatable bonds is 7. The molecule has 0 radical (unpaired) electrons. The van der Waals surface area contributed by atoms with Gasteiger partial charge in [0, 0.05) is 11.1 Å². The highest BCUT2D eigenvalue weighted by atomic mass is 32.2. The van der Waals surface area contributed by atoms with Crippen LogP contribution in [-0.4, -0.2) is 11.7 Å². The molecule has 6 heteroatoms. The van der Waals surface area contributed by atoms with Gasteiger partial charge >= 0.3 is 0 Å². The fourth-order valence-electron chi connectivity index (χ4n) is 3.12. The highest BCUT2D eigenvalue weighted by molar-refractivity contribution is 8.14. The molecular formula is C24H21N3O2S. The lowest BCUT2D eigenvalue weighted by atomic mass is 10.1. The quantitative estimate of drug-likeness (QED) is 0.572. The van der Waals surface area contributed by atoms with Crippen molar-refractivity contribution in [3.8, 4) is 17.6 Å². The van der Waals surface area contributed by atoms with E-state index in [0.29, 0.717) is 30.3 Å². The molecule has 3 aromatic rings. The summed E-state index contributed by atoms with van der Waals surface area (Å²) >= 11 is 1.67. The maximum absolute atomic E-state index is 9.27. The first-order chi connectivity index (χ1) is 14.8. The zero-order valence-electron chi connectivity index (χ0n) is 16.5. The molecule has 0 fully saturated rings. The number of hydrogen-bond acceptors (Lipinski definition) is 6. The van der Waals surface area contributed by atoms with Gasteiger partial charge in [0.05, 0.1) is 18.2 Å². The van der Waals surface area contributed by atoms with Crippen LogP contribution in [0.2, 0.25) is 0 Å². The van der Waals surface area contributed by atoms with Gasteiger partial charge in [0.25, 0.3) is 0 Å². The molecule has 1 N–H and O–H groups in total. The summed E-state index contributed by atoms with van der Waals surface area (Å²) in [5.41, 5.74) is 6.82. The van der Waals surface area contributed by atoms with E-state index in [-0.39, 0.29) is 5.37 Å². The van der Waals surface area contributed by atoms with E-state index in [1.807, 2.05) is 61.5 Å². The minimum atomic E-state index is 0.00720. The molecule has 0 saturated heterocycles. The molecule has 4 rings (SSSR count). The standard InChI is InChI=1S/C24H21N3O2S/c1-2-28-22-14-18(24-27-26-23(30-24)17-8-4-3-5-9-17)12-13-21(22)29-16-20-11-7-6-10-19(20)15-25/h3-14,24,27H,2,16H2,1H3/t24-/m0/s1. The van der Waals surface area contributed by atoms with Crippen LogP contribution < -0.4 is 14.9 Å². The van der Waals surface area contributed by atoms with Crippen molar-refractivity contribution in [2.45, 2.75) is 18.9 Å². The first-order valence-corrected chi connectivity index (χ1v) is 10.6. The number of ether oxygens (including phenoxy) is 2. The van der Waals surface area contributed by atoms with E-state index in [4.69, 9.17) is 9.47 Å². The van der Waals surface area contributed by atoms with Crippen LogP contribution in [0.3, 0.4) is 0 Å². The number of nitrogens with zero attached hydrogens (tertiary/aromatic N) is 2. The second kappa shape index (κ2) is 9.38. The molecule has 5 nitrogen and oxygen atoms in total. The molecular weight excluding hydrogens is 394 g/mol. The summed E-state index contributed by atoms with van der Waals surface area (Å²) in [6.45, 7) is 2.78. The van der Waals surface area contributed by atoms with Crippen LogP contribution in [-0.2, 0) is 6.61 Å². The van der Waals surface area contributed by atoms with Gasteiger partial charge in [0.1, 0.15) is 17.0 Å². The van der Waals surface area contributed by atoms with E-state index < -0.39 is 0 Å². The number of thioether (sulfide) groups is 1. The van der Waals surface area contributed by atoms with E-state index in [0.717, 1.165) is 21.7 Å². The largest absolute Gasteiger partial charge is 0.490 e. The topological polar surface area (TPSA) is 66.6 Å². The summed E-state index contributed by atoms with van der Waals surface area (Å²) in [6, 6.07) is 25.7. The molecule has 0 bridgehead atoms. The van der Waals surface area contributed by atoms with Gasteiger partial charge in [0.2, 0.25) is 0 Å². The van der Waals surface area contributed by atoms with Gasteiger partial charge < -0.3 is 9.47 Å². The van der Waals surface area contributed by atoms with Crippen LogP contribution in [0.1, 0.15) is 34.6 Å². The van der Waals surface area contributed by atoms with E-state index in [1.165, 1.54) is 0 Å². The molecule has 0 spiro atoms. The maximum atomic E-state index is 9.27. The molecule has 150 valence electrons. The monoisotopic (exact) mass is 415 g/mol. The summed E-state index contributed by atoms with van der Waals surface area (Å²) < 4.78 is 11.8. The van der Waals surface area contributed by atoms with Crippen LogP contribution in [0.25, 0.3) is 0 Å². The van der Waals surface area contributed by atoms with E-state index in [1.54, 1.807) is 17.8 Å². The first kappa shape index (κ1) is 19.9. The van der Waals surface area contributed by atoms with Crippen molar-refractivity contribution in [2.24, 2.45) is 5.10 Å². The highest BCUT2D eigenvalue weighted by Gasteiger charge is 2.23. The van der Waals surface area contributed by atoms with Crippen molar-refractivity contribution >= 4 is 16.8 Å². The second-order valence-corrected chi connectivity index (χ2v) is 7.70. The predicted octanol–water partition coefficient (Wildman–Crippen LogP) is 5.23. The average molecular weight is 416 g/mol. The van der Waals surface area contributed by atoms with Crippen molar-refractivity contribution < 1.29 is 9.47 Å². The Balaban J connectivity index is 1.49. The lowest BCUT2D eigenvalue weighted by molar-refractivity contribution is 0.269. The number of benzene rings is 3. The molecule has 0 unspecified atom stereocenters. The van der Waals surface area contributed by atoms with Crippen molar-refractivity contribution in [3.63, 3.8) is 0 Å². The highest BCUT2D eigenvalue weighted by Crippen LogP contribution is 2.38. The van der Waals surface area contributed by atoms with E-state index >= 15 is 0 Å². The molecule has 0 aromatic heterocycles. The lowest BCUT2D eigenvalue weighted by Crippen LogP contribution is -2.08. The first-order valence-electron chi connectivity index (χ1n) is 9.71. The number of hydrogen-bond donors (Lipinski definition) is 1. The normalized spacial score (nSPS) is 15.1. The van der Waals surface area contributed by atoms with Crippen LogP contribution in [0.5, 0.6) is 11.5 Å². The number of nitrogens with one attached hydrogen (secondary N) is 1. The molecule has 1 aliphatic rings. The van der Waals surface area contributed by atoms with Gasteiger partial charge in [-0.3, -0.25) is 5.43 Å². The number of nitriles is 1. The zero-order chi connectivity index (χ0) is 20.8. The van der Waals surface area contributed by atoms with Gasteiger partial charge in [-0.25, -0.2) is 0 Å². The van der Waals surface area contributed by atoms with Crippen LogP contribution in [0, 0.1) is 11.3 Å². The lowest BCUT2D eigenvalue weighted by Gasteiger charge is -2.16. The van der Waals surface area contributed by atoms with Crippen molar-refractivity contribution in [1.29, 1.82) is 5.26 Å². The smallest absolute Gasteiger partial charge is 0.161 e. The molecule has 1 heterocycles. The van der Waals surface area contributed by atoms with E-state index in [9.17, 15) is 5.26 Å². The molecule has 0 saturated carbocycles. The predicted molar refractivity (Wildman–Crippen MR) is 120 cm³/mol. The summed E-state index contributed by atoms with van der Waals surface area (Å²) in [6.07, 6.45) is 0. The Bertz CT molecular complexity index is 1090. The summed E-state index contributed by atoms with van der Waals surface area (Å²) in [5, 5.41) is 14.7. The summed E-state index contributed by atoms with van der Waals surface area (Å²) in [5.74, 6) is 1.33. The Labute approximate surface area is 180 Å². The minimum Gasteiger partial charge on any atom is -0.490 e. The van der Waals surface area contributed by atoms with Crippen LogP contribution in [0.4, 0.5) is 0 Å². The van der Waals surface area contributed by atoms with Gasteiger partial charge in [-0.05, 0) is 30.7 Å². The Morgan fingerprint density at radius 1 is 1.00 bits per heavy atom. The Morgan fingerprint density at radius 2 is 1.80 bits per heavy atom. The zero-order valence-corrected chi connectivity index (χ0v) is 17.4. The fraction of sp³-hybridized carbons (Fsp3) is 0.167. The Hall–Kier alpha value is -3.43. The van der Waals surface area contributed by atoms with Crippen LogP contribution in [0.15, 0.2) is 77.9 Å². The van der Waals surface area contributed by atoms with Gasteiger partial charge in [-0.2, -0.15) is 10.4 Å². The molecule has 1 aliphatic heterocycles. The van der Waals surface area contributed by atoms with Crippen molar-refractivity contribution in [2.75, 3.05) is 6.61 Å². The van der Waals surface area contributed by atoms with E-state index in [2.05, 4.69) is 28.7 Å². The second-order valence-electron chi connectivity index (χ2n) is 6.61. The van der Waals surface area contributed by atoms with Crippen molar-refractivity contribution in [3.05, 3.63) is 95.1 Å². The Kier molecular flexibility index (Phi) is 6.21. The van der Waals surface area contributed by atoms with Gasteiger partial charge in [-0.15, -0.1) is 0 Å². The molecule has 1 atom stereocenters. The molecule has 0 aliphatic carbocycles. The average Bonchev–Trinajstić information content (AvgIpc) is 3.29. The van der Waals surface area contributed by atoms with Gasteiger partial charge in [-0.1, -0.05) is 66.4 Å². The third-order valence-electron chi connectivity index (χ3n) is 4.62. The third-order valence-corrected chi connectivity index (χ3v) is 5.79. The number of hydrazone groups is 1. The van der Waals surface area contributed by atoms with Crippen LogP contribution >= 0.6 is 11.8 Å². The van der Waals surface area contributed by atoms with Gasteiger partial charge in [0.15, 0.2) is 11.5 Å². The summed E-state index contributed by atoms with van der Waals surface area (Å²) in [4.78, 5) is 0. The molecule has 30 heavy (non-hydrogen) atoms. The van der Waals surface area contributed by atoms with Crippen molar-refractivity contribution in [1.82, 2.24) is 5.43 Å². The maximum Gasteiger partial charge on any atom is 0.161 e. The molecule has 0 amide bonds. The third kappa shape index (κ3) is 4.42. The SMILES string of the molecule is CCOc1cc([C@H]2NN=C(c3ccccc3)S2)ccc1OCc1ccccc1C#N.